The maximum absolute atomic E-state index is 9.41. The first-order chi connectivity index (χ1) is 5.27. The van der Waals surface area contributed by atoms with E-state index in [2.05, 4.69) is 5.32 Å². The molecule has 1 heterocycles. The maximum atomic E-state index is 9.41. The number of phenols is 1. The van der Waals surface area contributed by atoms with Crippen molar-refractivity contribution in [3.8, 4) is 5.75 Å². The van der Waals surface area contributed by atoms with Crippen LogP contribution < -0.4 is 5.32 Å². The van der Waals surface area contributed by atoms with Crippen LogP contribution in [0.25, 0.3) is 0 Å². The van der Waals surface area contributed by atoms with Crippen molar-refractivity contribution in [1.82, 2.24) is 5.32 Å². The Balaban J connectivity index is 2.42. The quantitative estimate of drug-likeness (QED) is 0.592. The predicted octanol–water partition coefficient (Wildman–Crippen LogP) is 1.34. The summed E-state index contributed by atoms with van der Waals surface area (Å²) in [6.07, 6.45) is 0. The van der Waals surface area contributed by atoms with Gasteiger partial charge >= 0.3 is 0 Å². The van der Waals surface area contributed by atoms with Gasteiger partial charge in [-0.3, -0.25) is 0 Å². The van der Waals surface area contributed by atoms with Crippen LogP contribution in [0.15, 0.2) is 18.2 Å². The lowest BCUT2D eigenvalue weighted by molar-refractivity contribution is 0.468. The Hall–Kier alpha value is -1.02. The minimum atomic E-state index is 0.398. The number of aromatic hydroxyl groups is 1. The first kappa shape index (κ1) is 6.68. The van der Waals surface area contributed by atoms with Gasteiger partial charge in [-0.15, -0.1) is 0 Å². The third-order valence-electron chi connectivity index (χ3n) is 1.97. The van der Waals surface area contributed by atoms with Crippen LogP contribution in [-0.2, 0) is 0 Å². The summed E-state index contributed by atoms with van der Waals surface area (Å²) in [5, 5.41) is 12.6. The van der Waals surface area contributed by atoms with Gasteiger partial charge in [-0.25, -0.2) is 0 Å². The molecule has 1 aromatic rings. The van der Waals surface area contributed by atoms with Crippen molar-refractivity contribution in [1.29, 1.82) is 0 Å². The Labute approximate surface area is 65.9 Å². The number of benzene rings is 1. The van der Waals surface area contributed by atoms with E-state index < -0.39 is 0 Å². The maximum Gasteiger partial charge on any atom is 0.120 e. The van der Waals surface area contributed by atoms with Crippen molar-refractivity contribution >= 4 is 0 Å². The van der Waals surface area contributed by atoms with Crippen LogP contribution in [0.2, 0.25) is 0 Å². The van der Waals surface area contributed by atoms with Gasteiger partial charge in [-0.2, -0.15) is 0 Å². The molecule has 2 heteroatoms. The second-order valence-electron chi connectivity index (χ2n) is 3.02. The molecule has 0 spiro atoms. The van der Waals surface area contributed by atoms with Crippen LogP contribution in [0, 0.1) is 6.92 Å². The van der Waals surface area contributed by atoms with Crippen molar-refractivity contribution in [3.63, 3.8) is 0 Å². The largest absolute Gasteiger partial charge is 0.508 e. The molecule has 2 nitrogen and oxygen atoms in total. The van der Waals surface area contributed by atoms with Crippen LogP contribution in [0.4, 0.5) is 0 Å². The normalized spacial score (nSPS) is 21.7. The number of phenolic OH excluding ortho intramolecular Hbond substituents is 1. The zero-order valence-electron chi connectivity index (χ0n) is 6.46. The Bertz CT molecular complexity index is 279. The highest BCUT2D eigenvalue weighted by atomic mass is 16.3. The molecule has 1 atom stereocenters. The molecule has 1 fully saturated rings. The van der Waals surface area contributed by atoms with Gasteiger partial charge in [-0.05, 0) is 13.0 Å². The summed E-state index contributed by atoms with van der Waals surface area (Å²) < 4.78 is 0. The van der Waals surface area contributed by atoms with Gasteiger partial charge in [0.1, 0.15) is 5.75 Å². The fourth-order valence-electron chi connectivity index (χ4n) is 1.23. The molecule has 0 aliphatic carbocycles. The molecule has 2 N–H and O–H groups in total. The van der Waals surface area contributed by atoms with E-state index in [1.165, 1.54) is 5.56 Å². The van der Waals surface area contributed by atoms with Gasteiger partial charge in [-0.1, -0.05) is 17.7 Å². The molecule has 0 saturated carbocycles. The van der Waals surface area contributed by atoms with Gasteiger partial charge in [0.15, 0.2) is 0 Å². The molecule has 0 unspecified atom stereocenters. The zero-order chi connectivity index (χ0) is 7.84. The van der Waals surface area contributed by atoms with Crippen LogP contribution in [0.1, 0.15) is 17.2 Å². The van der Waals surface area contributed by atoms with Crippen molar-refractivity contribution < 1.29 is 5.11 Å². The summed E-state index contributed by atoms with van der Waals surface area (Å²) in [6, 6.07) is 6.10. The number of hydrogen-bond donors (Lipinski definition) is 2. The number of aryl methyl sites for hydroxylation is 1. The van der Waals surface area contributed by atoms with Gasteiger partial charge in [0, 0.05) is 18.2 Å². The molecule has 1 aliphatic heterocycles. The monoisotopic (exact) mass is 149 g/mol. The zero-order valence-corrected chi connectivity index (χ0v) is 6.46. The molecule has 0 bridgehead atoms. The van der Waals surface area contributed by atoms with E-state index in [1.807, 2.05) is 19.1 Å². The van der Waals surface area contributed by atoms with E-state index >= 15 is 0 Å². The Morgan fingerprint density at radius 1 is 1.55 bits per heavy atom. The van der Waals surface area contributed by atoms with Crippen molar-refractivity contribution in [2.24, 2.45) is 0 Å². The smallest absolute Gasteiger partial charge is 0.120 e. The lowest BCUT2D eigenvalue weighted by Crippen LogP contribution is -1.86. The lowest BCUT2D eigenvalue weighted by Gasteiger charge is -2.01. The van der Waals surface area contributed by atoms with Gasteiger partial charge in [0.05, 0.1) is 0 Å². The molecule has 1 aliphatic rings. The van der Waals surface area contributed by atoms with Crippen LogP contribution in [0.5, 0.6) is 5.75 Å². The molecular formula is C9H11NO. The van der Waals surface area contributed by atoms with E-state index in [0.29, 0.717) is 11.8 Å². The fraction of sp³-hybridized carbons (Fsp3) is 0.333. The molecule has 0 radical (unpaired) electrons. The first-order valence-electron chi connectivity index (χ1n) is 3.80. The molecule has 0 aromatic heterocycles. The minimum absolute atomic E-state index is 0.398. The molecule has 0 amide bonds. The minimum Gasteiger partial charge on any atom is -0.508 e. The summed E-state index contributed by atoms with van der Waals surface area (Å²) in [7, 11) is 0. The fourth-order valence-corrected chi connectivity index (χ4v) is 1.23. The van der Waals surface area contributed by atoms with Crippen LogP contribution >= 0.6 is 0 Å². The number of rotatable bonds is 1. The second kappa shape index (κ2) is 2.24. The number of nitrogens with one attached hydrogen (secondary N) is 1. The van der Waals surface area contributed by atoms with E-state index in [0.717, 1.165) is 12.1 Å². The highest BCUT2D eigenvalue weighted by Gasteiger charge is 2.24. The van der Waals surface area contributed by atoms with Crippen molar-refractivity contribution in [2.75, 3.05) is 6.54 Å². The van der Waals surface area contributed by atoms with Crippen molar-refractivity contribution in [3.05, 3.63) is 29.3 Å². The topological polar surface area (TPSA) is 42.2 Å². The first-order valence-corrected chi connectivity index (χ1v) is 3.80. The van der Waals surface area contributed by atoms with Crippen molar-refractivity contribution in [2.45, 2.75) is 13.0 Å². The number of hydrogen-bond acceptors (Lipinski definition) is 2. The van der Waals surface area contributed by atoms with Gasteiger partial charge in [0.2, 0.25) is 0 Å². The van der Waals surface area contributed by atoms with Gasteiger partial charge in [0.25, 0.3) is 0 Å². The van der Waals surface area contributed by atoms with E-state index in [-0.39, 0.29) is 0 Å². The molecule has 1 saturated heterocycles. The van der Waals surface area contributed by atoms with E-state index in [9.17, 15) is 5.11 Å². The molecule has 2 rings (SSSR count). The summed E-state index contributed by atoms with van der Waals surface area (Å²) in [4.78, 5) is 0. The standard InChI is InChI=1S/C9H11NO/c1-6-2-3-9(11)7(4-6)8-5-10-8/h2-4,8,10-11H,5H2,1H3/t8-/m1/s1. The molecule has 58 valence electrons. The van der Waals surface area contributed by atoms with E-state index in [4.69, 9.17) is 0 Å². The molecule has 11 heavy (non-hydrogen) atoms. The average Bonchev–Trinajstić information content (AvgIpc) is 2.76. The van der Waals surface area contributed by atoms with Gasteiger partial charge < -0.3 is 10.4 Å². The highest BCUT2D eigenvalue weighted by Crippen LogP contribution is 2.30. The Kier molecular flexibility index (Phi) is 1.36. The average molecular weight is 149 g/mol. The Morgan fingerprint density at radius 3 is 2.91 bits per heavy atom. The predicted molar refractivity (Wildman–Crippen MR) is 43.6 cm³/mol. The third-order valence-corrected chi connectivity index (χ3v) is 1.97. The second-order valence-corrected chi connectivity index (χ2v) is 3.02. The Morgan fingerprint density at radius 2 is 2.27 bits per heavy atom. The summed E-state index contributed by atoms with van der Waals surface area (Å²) >= 11 is 0. The summed E-state index contributed by atoms with van der Waals surface area (Å²) in [6.45, 7) is 3.03. The van der Waals surface area contributed by atoms with Crippen LogP contribution in [-0.4, -0.2) is 11.7 Å². The molecule has 1 aromatic carbocycles. The molecular weight excluding hydrogens is 138 g/mol. The third kappa shape index (κ3) is 1.21. The van der Waals surface area contributed by atoms with E-state index in [1.54, 1.807) is 6.07 Å². The summed E-state index contributed by atoms with van der Waals surface area (Å²) in [5.41, 5.74) is 2.23. The highest BCUT2D eigenvalue weighted by molar-refractivity contribution is 5.40. The lowest BCUT2D eigenvalue weighted by atomic mass is 10.1. The van der Waals surface area contributed by atoms with Crippen LogP contribution in [0.3, 0.4) is 0 Å². The summed E-state index contributed by atoms with van der Waals surface area (Å²) in [5.74, 6) is 0.408. The SMILES string of the molecule is Cc1ccc(O)c([C@H]2CN2)c1.